The van der Waals surface area contributed by atoms with Crippen molar-refractivity contribution < 1.29 is 5.11 Å². The minimum atomic E-state index is 0.188. The van der Waals surface area contributed by atoms with Gasteiger partial charge in [-0.15, -0.1) is 0 Å². The van der Waals surface area contributed by atoms with Crippen molar-refractivity contribution in [3.63, 3.8) is 0 Å². The van der Waals surface area contributed by atoms with Gasteiger partial charge in [-0.05, 0) is 47.5 Å². The Balaban J connectivity index is 1.84. The highest BCUT2D eigenvalue weighted by atomic mass is 35.5. The molecule has 0 aliphatic carbocycles. The molecule has 5 nitrogen and oxygen atoms in total. The third-order valence-electron chi connectivity index (χ3n) is 3.43. The van der Waals surface area contributed by atoms with Crippen LogP contribution in [0.5, 0.6) is 5.75 Å². The lowest BCUT2D eigenvalue weighted by atomic mass is 10.1. The minimum absolute atomic E-state index is 0.188. The number of phenols is 1. The van der Waals surface area contributed by atoms with Crippen LogP contribution < -0.4 is 0 Å². The molecule has 1 aromatic heterocycles. The van der Waals surface area contributed by atoms with Crippen molar-refractivity contribution in [2.45, 2.75) is 6.42 Å². The molecule has 0 atom stereocenters. The molecule has 24 heavy (non-hydrogen) atoms. The van der Waals surface area contributed by atoms with Gasteiger partial charge in [0.1, 0.15) is 17.4 Å². The molecule has 118 valence electrons. The molecule has 0 bridgehead atoms. The summed E-state index contributed by atoms with van der Waals surface area (Å²) in [6.45, 7) is 0. The van der Waals surface area contributed by atoms with E-state index in [0.29, 0.717) is 28.5 Å². The first-order chi connectivity index (χ1) is 11.7. The van der Waals surface area contributed by atoms with Gasteiger partial charge in [-0.2, -0.15) is 10.4 Å². The number of aromatic amines is 1. The lowest BCUT2D eigenvalue weighted by Crippen LogP contribution is -1.91. The molecule has 0 amide bonds. The summed E-state index contributed by atoms with van der Waals surface area (Å²) < 4.78 is 0. The summed E-state index contributed by atoms with van der Waals surface area (Å²) in [5.41, 5.74) is 2.88. The summed E-state index contributed by atoms with van der Waals surface area (Å²) in [5.74, 6) is 0.524. The summed E-state index contributed by atoms with van der Waals surface area (Å²) >= 11 is 5.99. The standard InChI is InChI=1S/C18H13ClN4O/c19-14-3-1-2-13(8-14)9-17-16(10-20)18(23-22-17)21-11-12-4-6-15(24)7-5-12/h1-8,11,24H,9H2,(H,22,23). The van der Waals surface area contributed by atoms with Gasteiger partial charge in [0.25, 0.3) is 0 Å². The van der Waals surface area contributed by atoms with E-state index in [1.54, 1.807) is 36.5 Å². The molecule has 0 saturated heterocycles. The average Bonchev–Trinajstić information content (AvgIpc) is 2.96. The second kappa shape index (κ2) is 6.99. The Labute approximate surface area is 143 Å². The molecule has 0 unspecified atom stereocenters. The topological polar surface area (TPSA) is 85.1 Å². The van der Waals surface area contributed by atoms with Crippen LogP contribution in [0, 0.1) is 11.3 Å². The maximum Gasteiger partial charge on any atom is 0.191 e. The first-order valence-corrected chi connectivity index (χ1v) is 7.58. The molecule has 0 aliphatic heterocycles. The van der Waals surface area contributed by atoms with Gasteiger partial charge in [-0.1, -0.05) is 23.7 Å². The number of halogens is 1. The molecular weight excluding hydrogens is 324 g/mol. The van der Waals surface area contributed by atoms with E-state index in [0.717, 1.165) is 11.1 Å². The zero-order valence-electron chi connectivity index (χ0n) is 12.6. The summed E-state index contributed by atoms with van der Waals surface area (Å²) in [5, 5.41) is 26.3. The third kappa shape index (κ3) is 3.62. The largest absolute Gasteiger partial charge is 0.508 e. The van der Waals surface area contributed by atoms with Crippen LogP contribution in [0.25, 0.3) is 0 Å². The van der Waals surface area contributed by atoms with Crippen LogP contribution >= 0.6 is 11.6 Å². The Morgan fingerprint density at radius 1 is 1.25 bits per heavy atom. The van der Waals surface area contributed by atoms with Gasteiger partial charge in [-0.3, -0.25) is 5.10 Å². The van der Waals surface area contributed by atoms with Crippen molar-refractivity contribution in [3.8, 4) is 11.8 Å². The van der Waals surface area contributed by atoms with Gasteiger partial charge in [0.2, 0.25) is 0 Å². The molecule has 3 rings (SSSR count). The predicted octanol–water partition coefficient (Wildman–Crippen LogP) is 3.98. The number of phenolic OH excluding ortho intramolecular Hbond substituents is 1. The molecule has 0 fully saturated rings. The van der Waals surface area contributed by atoms with Crippen molar-refractivity contribution in [2.24, 2.45) is 4.99 Å². The number of aromatic hydroxyl groups is 1. The number of hydrogen-bond acceptors (Lipinski definition) is 4. The molecule has 0 spiro atoms. The van der Waals surface area contributed by atoms with Crippen LogP contribution in [0.2, 0.25) is 5.02 Å². The monoisotopic (exact) mass is 336 g/mol. The van der Waals surface area contributed by atoms with Crippen LogP contribution in [0.1, 0.15) is 22.4 Å². The first kappa shape index (κ1) is 15.8. The molecular formula is C18H13ClN4O. The number of nitrogens with zero attached hydrogens (tertiary/aromatic N) is 3. The molecule has 1 heterocycles. The molecule has 3 aromatic rings. The number of aliphatic imine (C=N–C) groups is 1. The fourth-order valence-electron chi connectivity index (χ4n) is 2.25. The van der Waals surface area contributed by atoms with Crippen LogP contribution in [0.4, 0.5) is 5.82 Å². The van der Waals surface area contributed by atoms with E-state index >= 15 is 0 Å². The number of nitrogens with one attached hydrogen (secondary N) is 1. The molecule has 2 N–H and O–H groups in total. The fourth-order valence-corrected chi connectivity index (χ4v) is 2.47. The number of aromatic nitrogens is 2. The summed E-state index contributed by atoms with van der Waals surface area (Å²) in [6.07, 6.45) is 2.12. The van der Waals surface area contributed by atoms with E-state index < -0.39 is 0 Å². The SMILES string of the molecule is N#Cc1c(N=Cc2ccc(O)cc2)n[nH]c1Cc1cccc(Cl)c1. The normalized spacial score (nSPS) is 10.8. The number of rotatable bonds is 4. The lowest BCUT2D eigenvalue weighted by molar-refractivity contribution is 0.475. The summed E-state index contributed by atoms with van der Waals surface area (Å²) in [7, 11) is 0. The predicted molar refractivity (Wildman–Crippen MR) is 92.9 cm³/mol. The Hall–Kier alpha value is -3.10. The second-order valence-electron chi connectivity index (χ2n) is 5.17. The highest BCUT2D eigenvalue weighted by molar-refractivity contribution is 6.30. The van der Waals surface area contributed by atoms with Gasteiger partial charge >= 0.3 is 0 Å². The van der Waals surface area contributed by atoms with Crippen molar-refractivity contribution in [2.75, 3.05) is 0 Å². The van der Waals surface area contributed by atoms with Crippen LogP contribution in [-0.4, -0.2) is 21.5 Å². The Kier molecular flexibility index (Phi) is 4.59. The lowest BCUT2D eigenvalue weighted by Gasteiger charge is -2.00. The van der Waals surface area contributed by atoms with E-state index in [1.807, 2.05) is 18.2 Å². The van der Waals surface area contributed by atoms with Gasteiger partial charge in [0.15, 0.2) is 5.82 Å². The van der Waals surface area contributed by atoms with Crippen molar-refractivity contribution in [3.05, 3.63) is 75.9 Å². The van der Waals surface area contributed by atoms with Crippen LogP contribution in [0.15, 0.2) is 53.5 Å². The number of benzene rings is 2. The highest BCUT2D eigenvalue weighted by Crippen LogP contribution is 2.22. The van der Waals surface area contributed by atoms with Crippen LogP contribution in [-0.2, 0) is 6.42 Å². The Morgan fingerprint density at radius 2 is 2.04 bits per heavy atom. The second-order valence-corrected chi connectivity index (χ2v) is 5.61. The number of H-pyrrole nitrogens is 1. The van der Waals surface area contributed by atoms with Crippen molar-refractivity contribution >= 4 is 23.6 Å². The van der Waals surface area contributed by atoms with E-state index in [-0.39, 0.29) is 5.75 Å². The van der Waals surface area contributed by atoms with Gasteiger partial charge in [0, 0.05) is 17.7 Å². The number of hydrogen-bond donors (Lipinski definition) is 2. The number of nitriles is 1. The molecule has 0 aliphatic rings. The van der Waals surface area contributed by atoms with Gasteiger partial charge in [-0.25, -0.2) is 4.99 Å². The highest BCUT2D eigenvalue weighted by Gasteiger charge is 2.12. The maximum absolute atomic E-state index is 9.41. The van der Waals surface area contributed by atoms with E-state index in [2.05, 4.69) is 21.3 Å². The zero-order valence-corrected chi connectivity index (χ0v) is 13.3. The average molecular weight is 337 g/mol. The van der Waals surface area contributed by atoms with E-state index in [1.165, 1.54) is 0 Å². The fraction of sp³-hybridized carbons (Fsp3) is 0.0556. The Morgan fingerprint density at radius 3 is 2.75 bits per heavy atom. The molecule has 0 radical (unpaired) electrons. The van der Waals surface area contributed by atoms with Gasteiger partial charge in [0.05, 0.1) is 5.69 Å². The summed E-state index contributed by atoms with van der Waals surface area (Å²) in [6, 6.07) is 16.2. The van der Waals surface area contributed by atoms with E-state index in [9.17, 15) is 10.4 Å². The zero-order chi connectivity index (χ0) is 16.9. The molecule has 2 aromatic carbocycles. The van der Waals surface area contributed by atoms with Gasteiger partial charge < -0.3 is 5.11 Å². The maximum atomic E-state index is 9.41. The Bertz CT molecular complexity index is 923. The smallest absolute Gasteiger partial charge is 0.191 e. The van der Waals surface area contributed by atoms with Crippen molar-refractivity contribution in [1.29, 1.82) is 5.26 Å². The van der Waals surface area contributed by atoms with E-state index in [4.69, 9.17) is 11.6 Å². The third-order valence-corrected chi connectivity index (χ3v) is 3.67. The summed E-state index contributed by atoms with van der Waals surface area (Å²) in [4.78, 5) is 4.26. The quantitative estimate of drug-likeness (QED) is 0.706. The van der Waals surface area contributed by atoms with Crippen molar-refractivity contribution in [1.82, 2.24) is 10.2 Å². The minimum Gasteiger partial charge on any atom is -0.508 e. The van der Waals surface area contributed by atoms with Crippen LogP contribution in [0.3, 0.4) is 0 Å². The first-order valence-electron chi connectivity index (χ1n) is 7.20. The molecule has 0 saturated carbocycles. The molecule has 6 heteroatoms.